The highest BCUT2D eigenvalue weighted by atomic mass is 16.1. The number of hydrogen-bond acceptors (Lipinski definition) is 4. The molecule has 5 heteroatoms. The van der Waals surface area contributed by atoms with Crippen LogP contribution >= 0.6 is 0 Å². The summed E-state index contributed by atoms with van der Waals surface area (Å²) in [5, 5.41) is 1.13. The van der Waals surface area contributed by atoms with Crippen LogP contribution in [0, 0.1) is 0 Å². The number of pyridine rings is 1. The fraction of sp³-hybridized carbons (Fsp3) is 0. The Kier molecular flexibility index (Phi) is 1.83. The first-order valence-electron chi connectivity index (χ1n) is 4.72. The maximum Gasteiger partial charge on any atom is 0.283 e. The lowest BCUT2D eigenvalue weighted by molar-refractivity contribution is -0.112. The molecule has 76 valence electrons. The van der Waals surface area contributed by atoms with E-state index in [1.54, 1.807) is 36.8 Å². The Morgan fingerprint density at radius 2 is 1.69 bits per heavy atom. The molecule has 0 saturated heterocycles. The molecule has 0 N–H and O–H groups in total. The lowest BCUT2D eigenvalue weighted by Crippen LogP contribution is -2.26. The molecule has 0 atom stereocenters. The van der Waals surface area contributed by atoms with Gasteiger partial charge in [-0.05, 0) is 18.2 Å². The average molecular weight is 210 g/mol. The van der Waals surface area contributed by atoms with Crippen LogP contribution in [0.15, 0.2) is 41.8 Å². The largest absolute Gasteiger partial charge is 0.283 e. The van der Waals surface area contributed by atoms with Gasteiger partial charge < -0.3 is 0 Å². The summed E-state index contributed by atoms with van der Waals surface area (Å²) in [5.74, 6) is 0.0357. The van der Waals surface area contributed by atoms with Crippen molar-refractivity contribution in [1.29, 1.82) is 0 Å². The zero-order valence-corrected chi connectivity index (χ0v) is 8.16. The molecule has 1 aliphatic rings. The molecule has 5 nitrogen and oxygen atoms in total. The first kappa shape index (κ1) is 8.84. The third-order valence-corrected chi connectivity index (χ3v) is 2.25. The van der Waals surface area contributed by atoms with Crippen LogP contribution in [0.2, 0.25) is 0 Å². The van der Waals surface area contributed by atoms with Crippen LogP contribution in [0.1, 0.15) is 5.82 Å². The van der Waals surface area contributed by atoms with Crippen molar-refractivity contribution in [3.63, 3.8) is 0 Å². The molecule has 2 aromatic rings. The predicted octanol–water partition coefficient (Wildman–Crippen LogP) is -0.770. The zero-order chi connectivity index (χ0) is 11.0. The standard InChI is InChI=1S/C11H6N4O/c16-11-8(10-13-5-2-6-14-10)9-7(15-11)3-1-4-12-9/h1-6H. The molecule has 0 aliphatic carbocycles. The molecule has 3 heterocycles. The lowest BCUT2D eigenvalue weighted by Gasteiger charge is -1.95. The van der Waals surface area contributed by atoms with Crippen LogP contribution in [0.25, 0.3) is 5.57 Å². The SMILES string of the molecule is O=C1N=c2cccnc2=C1c1ncccn1. The normalized spacial score (nSPS) is 13.5. The minimum absolute atomic E-state index is 0.333. The molecule has 0 unspecified atom stereocenters. The van der Waals surface area contributed by atoms with E-state index in [1.165, 1.54) is 0 Å². The first-order valence-corrected chi connectivity index (χ1v) is 4.72. The van der Waals surface area contributed by atoms with Crippen molar-refractivity contribution in [3.8, 4) is 0 Å². The Bertz CT molecular complexity index is 679. The van der Waals surface area contributed by atoms with Crippen molar-refractivity contribution in [2.45, 2.75) is 0 Å². The number of carbonyl (C=O) groups is 1. The van der Waals surface area contributed by atoms with Crippen molar-refractivity contribution in [1.82, 2.24) is 15.0 Å². The van der Waals surface area contributed by atoms with Gasteiger partial charge in [0.15, 0.2) is 5.82 Å². The molecule has 0 bridgehead atoms. The second kappa shape index (κ2) is 3.30. The van der Waals surface area contributed by atoms with Crippen LogP contribution in [0.4, 0.5) is 0 Å². The zero-order valence-electron chi connectivity index (χ0n) is 8.16. The van der Waals surface area contributed by atoms with Gasteiger partial charge in [-0.15, -0.1) is 0 Å². The van der Waals surface area contributed by atoms with Crippen molar-refractivity contribution in [2.75, 3.05) is 0 Å². The smallest absolute Gasteiger partial charge is 0.267 e. The first-order chi connectivity index (χ1) is 7.86. The molecule has 2 aromatic heterocycles. The van der Waals surface area contributed by atoms with E-state index in [4.69, 9.17) is 0 Å². The number of rotatable bonds is 1. The predicted molar refractivity (Wildman–Crippen MR) is 54.6 cm³/mol. The van der Waals surface area contributed by atoms with Gasteiger partial charge in [0.2, 0.25) is 0 Å². The topological polar surface area (TPSA) is 68.1 Å². The Balaban J connectivity index is 2.39. The summed E-state index contributed by atoms with van der Waals surface area (Å²) in [6, 6.07) is 5.18. The van der Waals surface area contributed by atoms with Crippen molar-refractivity contribution in [3.05, 3.63) is 53.3 Å². The van der Waals surface area contributed by atoms with Crippen molar-refractivity contribution < 1.29 is 4.79 Å². The second-order valence-corrected chi connectivity index (χ2v) is 3.24. The van der Waals surface area contributed by atoms with Crippen LogP contribution in [-0.2, 0) is 4.79 Å². The average Bonchev–Trinajstić information content (AvgIpc) is 2.66. The van der Waals surface area contributed by atoms with Gasteiger partial charge in [0.25, 0.3) is 5.91 Å². The van der Waals surface area contributed by atoms with E-state index in [2.05, 4.69) is 19.9 Å². The van der Waals surface area contributed by atoms with Crippen molar-refractivity contribution in [2.24, 2.45) is 4.99 Å². The number of hydrogen-bond donors (Lipinski definition) is 0. The van der Waals surface area contributed by atoms with E-state index < -0.39 is 0 Å². The van der Waals surface area contributed by atoms with Gasteiger partial charge in [-0.2, -0.15) is 0 Å². The third kappa shape index (κ3) is 1.22. The highest BCUT2D eigenvalue weighted by Gasteiger charge is 2.20. The minimum atomic E-state index is -0.333. The second-order valence-electron chi connectivity index (χ2n) is 3.24. The summed E-state index contributed by atoms with van der Waals surface area (Å²) < 4.78 is 0. The van der Waals surface area contributed by atoms with Gasteiger partial charge in [-0.25, -0.2) is 15.0 Å². The van der Waals surface area contributed by atoms with Crippen LogP contribution < -0.4 is 10.7 Å². The van der Waals surface area contributed by atoms with Crippen LogP contribution in [-0.4, -0.2) is 20.9 Å². The summed E-state index contributed by atoms with van der Waals surface area (Å²) in [5.41, 5.74) is 0.371. The minimum Gasteiger partial charge on any atom is -0.267 e. The van der Waals surface area contributed by atoms with E-state index in [-0.39, 0.29) is 5.91 Å². The third-order valence-electron chi connectivity index (χ3n) is 2.25. The summed E-state index contributed by atoms with van der Waals surface area (Å²) in [7, 11) is 0. The fourth-order valence-corrected chi connectivity index (χ4v) is 1.58. The van der Waals surface area contributed by atoms with Gasteiger partial charge in [0.05, 0.1) is 5.36 Å². The molecule has 0 fully saturated rings. The Morgan fingerprint density at radius 1 is 0.938 bits per heavy atom. The molecular formula is C11H6N4O. The quantitative estimate of drug-likeness (QED) is 0.620. The Hall–Kier alpha value is -2.43. The molecule has 3 rings (SSSR count). The van der Waals surface area contributed by atoms with E-state index in [9.17, 15) is 4.79 Å². The van der Waals surface area contributed by atoms with Gasteiger partial charge in [-0.3, -0.25) is 9.78 Å². The van der Waals surface area contributed by atoms with E-state index in [0.29, 0.717) is 22.1 Å². The maximum atomic E-state index is 11.7. The van der Waals surface area contributed by atoms with E-state index in [1.807, 2.05) is 0 Å². The van der Waals surface area contributed by atoms with Crippen LogP contribution in [0.5, 0.6) is 0 Å². The summed E-state index contributed by atoms with van der Waals surface area (Å²) in [4.78, 5) is 27.8. The molecule has 0 aromatic carbocycles. The Morgan fingerprint density at radius 3 is 2.50 bits per heavy atom. The highest BCUT2D eigenvalue weighted by molar-refractivity contribution is 6.19. The van der Waals surface area contributed by atoms with Gasteiger partial charge in [-0.1, -0.05) is 0 Å². The molecule has 1 aliphatic heterocycles. The molecule has 16 heavy (non-hydrogen) atoms. The number of nitrogens with zero attached hydrogens (tertiary/aromatic N) is 4. The lowest BCUT2D eigenvalue weighted by atomic mass is 10.2. The number of amides is 1. The van der Waals surface area contributed by atoms with Gasteiger partial charge >= 0.3 is 0 Å². The number of aromatic nitrogens is 3. The van der Waals surface area contributed by atoms with Crippen molar-refractivity contribution >= 4 is 11.5 Å². The molecule has 1 amide bonds. The summed E-state index contributed by atoms with van der Waals surface area (Å²) in [6.07, 6.45) is 4.79. The van der Waals surface area contributed by atoms with Crippen LogP contribution in [0.3, 0.4) is 0 Å². The fourth-order valence-electron chi connectivity index (χ4n) is 1.58. The molecule has 0 radical (unpaired) electrons. The highest BCUT2D eigenvalue weighted by Crippen LogP contribution is 2.07. The molecule has 0 saturated carbocycles. The van der Waals surface area contributed by atoms with Gasteiger partial charge in [0, 0.05) is 18.6 Å². The Labute approximate surface area is 90.2 Å². The number of fused-ring (bicyclic) bond motifs is 1. The maximum absolute atomic E-state index is 11.7. The van der Waals surface area contributed by atoms with E-state index in [0.717, 1.165) is 0 Å². The summed E-state index contributed by atoms with van der Waals surface area (Å²) >= 11 is 0. The molecule has 0 spiro atoms. The molecular weight excluding hydrogens is 204 g/mol. The van der Waals surface area contributed by atoms with Gasteiger partial charge in [0.1, 0.15) is 10.9 Å². The van der Waals surface area contributed by atoms with E-state index >= 15 is 0 Å². The summed E-state index contributed by atoms with van der Waals surface area (Å²) in [6.45, 7) is 0. The number of carbonyl (C=O) groups excluding carboxylic acids is 1. The monoisotopic (exact) mass is 210 g/mol.